The van der Waals surface area contributed by atoms with Crippen molar-refractivity contribution in [3.05, 3.63) is 32.6 Å². The maximum Gasteiger partial charge on any atom is 0.352 e. The molecular formula is C13H21N3O6. The van der Waals surface area contributed by atoms with E-state index in [2.05, 4.69) is 12.2 Å². The molecule has 0 aromatic carbocycles. The number of H-pyrrole nitrogens is 2. The zero-order valence-electron chi connectivity index (χ0n) is 12.7. The summed E-state index contributed by atoms with van der Waals surface area (Å²) in [4.78, 5) is 45.1. The van der Waals surface area contributed by atoms with Gasteiger partial charge in [0.2, 0.25) is 0 Å². The first-order valence-corrected chi connectivity index (χ1v) is 6.61. The normalized spacial score (nSPS) is 12.7. The number of aliphatic carboxylic acids is 1. The van der Waals surface area contributed by atoms with E-state index < -0.39 is 28.9 Å². The van der Waals surface area contributed by atoms with Crippen LogP contribution >= 0.6 is 0 Å². The van der Waals surface area contributed by atoms with Crippen LogP contribution in [0.3, 0.4) is 0 Å². The Bertz CT molecular complexity index is 586. The van der Waals surface area contributed by atoms with Gasteiger partial charge in [-0.25, -0.2) is 9.59 Å². The molecule has 0 spiro atoms. The summed E-state index contributed by atoms with van der Waals surface area (Å²) in [6, 6.07) is 0.795. The number of hydrogen-bond acceptors (Lipinski definition) is 5. The van der Waals surface area contributed by atoms with Gasteiger partial charge in [0.05, 0.1) is 0 Å². The molecule has 0 bridgehead atoms. The molecule has 9 nitrogen and oxygen atoms in total. The molecule has 124 valence electrons. The monoisotopic (exact) mass is 315 g/mol. The van der Waals surface area contributed by atoms with Gasteiger partial charge in [0, 0.05) is 18.0 Å². The number of hydrogen-bond donors (Lipinski definition) is 5. The second kappa shape index (κ2) is 8.78. The summed E-state index contributed by atoms with van der Waals surface area (Å²) in [5.41, 5.74) is -1.99. The highest BCUT2D eigenvalue weighted by atomic mass is 16.4. The van der Waals surface area contributed by atoms with Crippen molar-refractivity contribution >= 4 is 11.9 Å². The summed E-state index contributed by atoms with van der Waals surface area (Å²) in [7, 11) is 1.87. The highest BCUT2D eigenvalue weighted by Gasteiger charge is 2.19. The molecule has 0 fully saturated rings. The molecule has 0 radical (unpaired) electrons. The average Bonchev–Trinajstić information content (AvgIpc) is 2.44. The van der Waals surface area contributed by atoms with E-state index in [0.717, 1.165) is 12.5 Å². The Labute approximate surface area is 126 Å². The Kier molecular flexibility index (Phi) is 7.81. The number of carboxylic acids is 2. The van der Waals surface area contributed by atoms with E-state index in [0.29, 0.717) is 6.42 Å². The number of aromatic amines is 2. The van der Waals surface area contributed by atoms with E-state index in [1.807, 2.05) is 23.9 Å². The highest BCUT2D eigenvalue weighted by Crippen LogP contribution is 2.15. The summed E-state index contributed by atoms with van der Waals surface area (Å²) in [6.45, 7) is 4.09. The molecule has 9 heteroatoms. The molecule has 1 heterocycles. The van der Waals surface area contributed by atoms with Crippen molar-refractivity contribution in [2.24, 2.45) is 0 Å². The molecule has 0 aliphatic rings. The van der Waals surface area contributed by atoms with Gasteiger partial charge in [0.25, 0.3) is 5.56 Å². The molecule has 1 atom stereocenters. The predicted octanol–water partition coefficient (Wildman–Crippen LogP) is 0.000700. The largest absolute Gasteiger partial charge is 0.481 e. The van der Waals surface area contributed by atoms with Crippen LogP contribution in [0, 0.1) is 0 Å². The van der Waals surface area contributed by atoms with Crippen LogP contribution in [0.5, 0.6) is 0 Å². The Balaban J connectivity index is 0.000000401. The van der Waals surface area contributed by atoms with Gasteiger partial charge in [-0.3, -0.25) is 14.6 Å². The number of carbonyl (C=O) groups is 2. The van der Waals surface area contributed by atoms with Crippen LogP contribution in [0.2, 0.25) is 0 Å². The first-order valence-electron chi connectivity index (χ1n) is 6.61. The molecular weight excluding hydrogens is 294 g/mol. The van der Waals surface area contributed by atoms with E-state index in [4.69, 9.17) is 10.2 Å². The minimum absolute atomic E-state index is 0.0155. The van der Waals surface area contributed by atoms with Crippen molar-refractivity contribution < 1.29 is 19.8 Å². The summed E-state index contributed by atoms with van der Waals surface area (Å²) in [6.07, 6.45) is 1.89. The number of carboxylic acid groups (broad SMARTS) is 2. The lowest BCUT2D eigenvalue weighted by molar-refractivity contribution is -0.137. The summed E-state index contributed by atoms with van der Waals surface area (Å²) in [5, 5.41) is 19.9. The van der Waals surface area contributed by atoms with Crippen LogP contribution in [0.1, 0.15) is 43.6 Å². The quantitative estimate of drug-likeness (QED) is 0.495. The lowest BCUT2D eigenvalue weighted by Gasteiger charge is -2.26. The Morgan fingerprint density at radius 1 is 1.27 bits per heavy atom. The molecule has 0 aliphatic heterocycles. The third kappa shape index (κ3) is 7.39. The van der Waals surface area contributed by atoms with Crippen LogP contribution in [-0.4, -0.2) is 44.7 Å². The maximum absolute atomic E-state index is 10.5. The highest BCUT2D eigenvalue weighted by molar-refractivity contribution is 5.84. The van der Waals surface area contributed by atoms with Crippen molar-refractivity contribution in [2.75, 3.05) is 7.05 Å². The average molecular weight is 315 g/mol. The van der Waals surface area contributed by atoms with Crippen LogP contribution in [0.4, 0.5) is 0 Å². The van der Waals surface area contributed by atoms with Gasteiger partial charge in [-0.15, -0.1) is 0 Å². The zero-order valence-corrected chi connectivity index (χ0v) is 12.7. The van der Waals surface area contributed by atoms with Crippen molar-refractivity contribution in [1.29, 1.82) is 0 Å². The van der Waals surface area contributed by atoms with Crippen LogP contribution in [-0.2, 0) is 4.79 Å². The van der Waals surface area contributed by atoms with Crippen molar-refractivity contribution in [1.82, 2.24) is 15.3 Å². The smallest absolute Gasteiger partial charge is 0.352 e. The van der Waals surface area contributed by atoms with Gasteiger partial charge in [0.15, 0.2) is 0 Å². The zero-order chi connectivity index (χ0) is 17.3. The second-order valence-electron chi connectivity index (χ2n) is 4.86. The summed E-state index contributed by atoms with van der Waals surface area (Å²) < 4.78 is 0. The Hall–Kier alpha value is -2.42. The maximum atomic E-state index is 10.5. The molecule has 0 saturated heterocycles. The molecule has 1 unspecified atom stereocenters. The van der Waals surface area contributed by atoms with Gasteiger partial charge >= 0.3 is 17.6 Å². The lowest BCUT2D eigenvalue weighted by Crippen LogP contribution is -2.39. The predicted molar refractivity (Wildman–Crippen MR) is 79.3 cm³/mol. The number of rotatable bonds is 6. The molecule has 0 amide bonds. The first kappa shape index (κ1) is 19.6. The van der Waals surface area contributed by atoms with Crippen molar-refractivity contribution in [2.45, 2.75) is 38.6 Å². The molecule has 1 aromatic heterocycles. The van der Waals surface area contributed by atoms with E-state index in [9.17, 15) is 19.2 Å². The van der Waals surface area contributed by atoms with Crippen LogP contribution in [0.15, 0.2) is 15.7 Å². The van der Waals surface area contributed by atoms with Gasteiger partial charge in [-0.05, 0) is 26.8 Å². The molecule has 1 aromatic rings. The topological polar surface area (TPSA) is 152 Å². The number of aromatic nitrogens is 2. The molecule has 0 aliphatic carbocycles. The minimum Gasteiger partial charge on any atom is -0.481 e. The van der Waals surface area contributed by atoms with E-state index in [1.165, 1.54) is 0 Å². The first-order chi connectivity index (χ1) is 10.1. The molecule has 5 N–H and O–H groups in total. The van der Waals surface area contributed by atoms with E-state index >= 15 is 0 Å². The van der Waals surface area contributed by atoms with E-state index in [1.54, 1.807) is 0 Å². The Morgan fingerprint density at radius 2 is 1.86 bits per heavy atom. The van der Waals surface area contributed by atoms with Crippen LogP contribution in [0.25, 0.3) is 0 Å². The lowest BCUT2D eigenvalue weighted by atomic mass is 9.93. The Morgan fingerprint density at radius 3 is 2.23 bits per heavy atom. The van der Waals surface area contributed by atoms with Crippen molar-refractivity contribution in [3.63, 3.8) is 0 Å². The fraction of sp³-hybridized carbons (Fsp3) is 0.538. The summed E-state index contributed by atoms with van der Waals surface area (Å²) >= 11 is 0. The summed E-state index contributed by atoms with van der Waals surface area (Å²) in [5.74, 6) is -2.06. The number of aromatic carboxylic acids is 1. The second-order valence-corrected chi connectivity index (χ2v) is 4.86. The third-order valence-corrected chi connectivity index (χ3v) is 3.27. The fourth-order valence-corrected chi connectivity index (χ4v) is 1.45. The SMILES string of the molecule is CCC(C)(CCC(=O)O)NC.O=C(O)c1cc(=O)[nH]c(=O)[nH]1. The number of nitrogens with one attached hydrogen (secondary N) is 3. The van der Waals surface area contributed by atoms with E-state index in [-0.39, 0.29) is 12.0 Å². The van der Waals surface area contributed by atoms with Crippen LogP contribution < -0.4 is 16.6 Å². The third-order valence-electron chi connectivity index (χ3n) is 3.27. The van der Waals surface area contributed by atoms with Crippen molar-refractivity contribution in [3.8, 4) is 0 Å². The molecule has 0 saturated carbocycles. The van der Waals surface area contributed by atoms with Gasteiger partial charge < -0.3 is 20.5 Å². The minimum atomic E-state index is -1.34. The van der Waals surface area contributed by atoms with Gasteiger partial charge in [-0.1, -0.05) is 6.92 Å². The fourth-order valence-electron chi connectivity index (χ4n) is 1.45. The molecule has 22 heavy (non-hydrogen) atoms. The van der Waals surface area contributed by atoms with Gasteiger partial charge in [-0.2, -0.15) is 0 Å². The standard InChI is InChI=1S/C8H17NO2.C5H4N2O4/c1-4-8(2,9-3)6-5-7(10)11;8-3-1-2(4(9)10)6-5(11)7-3/h9H,4-6H2,1-3H3,(H,10,11);1H,(H,9,10)(H2,6,7,8,11). The van der Waals surface area contributed by atoms with Gasteiger partial charge in [0.1, 0.15) is 5.69 Å². The molecule has 1 rings (SSSR count).